The van der Waals surface area contributed by atoms with Crippen molar-refractivity contribution >= 4 is 16.0 Å². The minimum absolute atomic E-state index is 0.0239. The van der Waals surface area contributed by atoms with Crippen LogP contribution in [0.15, 0.2) is 29.2 Å². The fourth-order valence-corrected chi connectivity index (χ4v) is 2.32. The maximum absolute atomic E-state index is 11.7. The largest absolute Gasteiger partial charge is 0.465 e. The van der Waals surface area contributed by atoms with E-state index in [0.717, 1.165) is 0 Å². The predicted molar refractivity (Wildman–Crippen MR) is 64.7 cm³/mol. The fourth-order valence-electron chi connectivity index (χ4n) is 1.20. The van der Waals surface area contributed by atoms with Crippen LogP contribution in [0.2, 0.25) is 0 Å². The normalized spacial score (nSPS) is 13.1. The van der Waals surface area contributed by atoms with E-state index in [1.54, 1.807) is 0 Å². The van der Waals surface area contributed by atoms with Gasteiger partial charge < -0.3 is 9.84 Å². The number of rotatable bonds is 5. The van der Waals surface area contributed by atoms with Gasteiger partial charge in [0, 0.05) is 6.54 Å². The van der Waals surface area contributed by atoms with Crippen molar-refractivity contribution in [3.05, 3.63) is 29.8 Å². The van der Waals surface area contributed by atoms with E-state index < -0.39 is 22.1 Å². The van der Waals surface area contributed by atoms with Crippen LogP contribution in [0.3, 0.4) is 0 Å². The zero-order valence-electron chi connectivity index (χ0n) is 10.1. The van der Waals surface area contributed by atoms with Crippen molar-refractivity contribution in [2.45, 2.75) is 17.9 Å². The molecule has 18 heavy (non-hydrogen) atoms. The van der Waals surface area contributed by atoms with Gasteiger partial charge in [0.05, 0.1) is 23.7 Å². The van der Waals surface area contributed by atoms with Gasteiger partial charge in [-0.3, -0.25) is 0 Å². The molecule has 1 unspecified atom stereocenters. The van der Waals surface area contributed by atoms with E-state index in [0.29, 0.717) is 0 Å². The summed E-state index contributed by atoms with van der Waals surface area (Å²) in [5.74, 6) is -0.532. The number of carbonyl (C=O) groups is 1. The summed E-state index contributed by atoms with van der Waals surface area (Å²) in [5.41, 5.74) is 0.270. The topological polar surface area (TPSA) is 92.7 Å². The van der Waals surface area contributed by atoms with E-state index in [1.165, 1.54) is 38.3 Å². The molecule has 0 fully saturated rings. The number of esters is 1. The third-order valence-corrected chi connectivity index (χ3v) is 3.59. The van der Waals surface area contributed by atoms with Crippen LogP contribution in [0.1, 0.15) is 17.3 Å². The Morgan fingerprint density at radius 1 is 1.39 bits per heavy atom. The second kappa shape index (κ2) is 5.94. The van der Waals surface area contributed by atoms with Crippen molar-refractivity contribution < 1.29 is 23.1 Å². The van der Waals surface area contributed by atoms with Crippen LogP contribution in [0, 0.1) is 0 Å². The number of methoxy groups -OCH3 is 1. The van der Waals surface area contributed by atoms with Crippen molar-refractivity contribution in [3.63, 3.8) is 0 Å². The molecular weight excluding hydrogens is 258 g/mol. The second-order valence-corrected chi connectivity index (χ2v) is 5.48. The van der Waals surface area contributed by atoms with E-state index in [4.69, 9.17) is 5.11 Å². The van der Waals surface area contributed by atoms with Crippen LogP contribution in [-0.4, -0.2) is 39.3 Å². The second-order valence-electron chi connectivity index (χ2n) is 3.72. The van der Waals surface area contributed by atoms with E-state index >= 15 is 0 Å². The Labute approximate surface area is 106 Å². The molecule has 0 aliphatic carbocycles. The van der Waals surface area contributed by atoms with Gasteiger partial charge in [-0.05, 0) is 31.2 Å². The molecule has 1 aromatic carbocycles. The number of ether oxygens (including phenoxy) is 1. The van der Waals surface area contributed by atoms with Crippen LogP contribution in [-0.2, 0) is 14.8 Å². The number of nitrogens with one attached hydrogen (secondary N) is 1. The van der Waals surface area contributed by atoms with Crippen molar-refractivity contribution in [2.75, 3.05) is 13.7 Å². The number of aliphatic hydroxyl groups is 1. The Morgan fingerprint density at radius 3 is 2.39 bits per heavy atom. The number of benzene rings is 1. The molecule has 0 aromatic heterocycles. The van der Waals surface area contributed by atoms with Gasteiger partial charge in [-0.1, -0.05) is 0 Å². The van der Waals surface area contributed by atoms with Crippen LogP contribution in [0.4, 0.5) is 0 Å². The lowest BCUT2D eigenvalue weighted by molar-refractivity contribution is 0.0600. The highest BCUT2D eigenvalue weighted by molar-refractivity contribution is 7.89. The molecule has 0 radical (unpaired) electrons. The summed E-state index contributed by atoms with van der Waals surface area (Å²) in [7, 11) is -2.42. The Bertz CT molecular complexity index is 507. The number of sulfonamides is 1. The maximum atomic E-state index is 11.7. The highest BCUT2D eigenvalue weighted by atomic mass is 32.2. The average molecular weight is 273 g/mol. The van der Waals surface area contributed by atoms with Gasteiger partial charge in [0.1, 0.15) is 0 Å². The smallest absolute Gasteiger partial charge is 0.337 e. The molecule has 6 nitrogen and oxygen atoms in total. The highest BCUT2D eigenvalue weighted by Gasteiger charge is 2.15. The summed E-state index contributed by atoms with van der Waals surface area (Å²) < 4.78 is 30.2. The van der Waals surface area contributed by atoms with Crippen LogP contribution < -0.4 is 4.72 Å². The molecule has 1 rings (SSSR count). The van der Waals surface area contributed by atoms with Gasteiger partial charge in [-0.15, -0.1) is 0 Å². The van der Waals surface area contributed by atoms with Crippen molar-refractivity contribution in [1.82, 2.24) is 4.72 Å². The molecule has 0 saturated carbocycles. The molecule has 1 atom stereocenters. The van der Waals surface area contributed by atoms with Gasteiger partial charge in [-0.2, -0.15) is 0 Å². The van der Waals surface area contributed by atoms with Crippen molar-refractivity contribution in [1.29, 1.82) is 0 Å². The Balaban J connectivity index is 2.87. The number of hydrogen-bond acceptors (Lipinski definition) is 5. The molecular formula is C11H15NO5S. The van der Waals surface area contributed by atoms with Crippen LogP contribution >= 0.6 is 0 Å². The first-order valence-electron chi connectivity index (χ1n) is 5.23. The monoisotopic (exact) mass is 273 g/mol. The zero-order valence-corrected chi connectivity index (χ0v) is 10.9. The lowest BCUT2D eigenvalue weighted by atomic mass is 10.2. The molecule has 0 heterocycles. The molecule has 7 heteroatoms. The van der Waals surface area contributed by atoms with Gasteiger partial charge in [0.15, 0.2) is 0 Å². The molecule has 0 aliphatic rings. The fraction of sp³-hybridized carbons (Fsp3) is 0.364. The van der Waals surface area contributed by atoms with Gasteiger partial charge >= 0.3 is 5.97 Å². The summed E-state index contributed by atoms with van der Waals surface area (Å²) in [6, 6.07) is 5.33. The first kappa shape index (κ1) is 14.6. The predicted octanol–water partition coefficient (Wildman–Crippen LogP) is 0.132. The van der Waals surface area contributed by atoms with Crippen LogP contribution in [0.5, 0.6) is 0 Å². The molecule has 0 bridgehead atoms. The van der Waals surface area contributed by atoms with Crippen LogP contribution in [0.25, 0.3) is 0 Å². The van der Waals surface area contributed by atoms with Crippen molar-refractivity contribution in [2.24, 2.45) is 0 Å². The van der Waals surface area contributed by atoms with E-state index in [9.17, 15) is 13.2 Å². The summed E-state index contributed by atoms with van der Waals surface area (Å²) in [4.78, 5) is 11.2. The summed E-state index contributed by atoms with van der Waals surface area (Å²) in [5, 5.41) is 9.02. The number of hydrogen-bond donors (Lipinski definition) is 2. The first-order chi connectivity index (χ1) is 8.36. The van der Waals surface area contributed by atoms with Gasteiger partial charge in [0.2, 0.25) is 10.0 Å². The van der Waals surface area contributed by atoms with Gasteiger partial charge in [0.25, 0.3) is 0 Å². The van der Waals surface area contributed by atoms with E-state index in [1.807, 2.05) is 0 Å². The molecule has 0 spiro atoms. The Hall–Kier alpha value is -1.44. The molecule has 1 aromatic rings. The SMILES string of the molecule is COC(=O)c1ccc(S(=O)(=O)NCC(C)O)cc1. The first-order valence-corrected chi connectivity index (χ1v) is 6.71. The zero-order chi connectivity index (χ0) is 13.8. The van der Waals surface area contributed by atoms with Crippen molar-refractivity contribution in [3.8, 4) is 0 Å². The number of aliphatic hydroxyl groups excluding tert-OH is 1. The minimum atomic E-state index is -3.67. The standard InChI is InChI=1S/C11H15NO5S/c1-8(13)7-12-18(15,16)10-5-3-9(4-6-10)11(14)17-2/h3-6,8,12-13H,7H2,1-2H3. The lowest BCUT2D eigenvalue weighted by Gasteiger charge is -2.08. The van der Waals surface area contributed by atoms with E-state index in [2.05, 4.69) is 9.46 Å². The molecule has 0 saturated heterocycles. The third kappa shape index (κ3) is 3.80. The quantitative estimate of drug-likeness (QED) is 0.744. The minimum Gasteiger partial charge on any atom is -0.465 e. The van der Waals surface area contributed by atoms with E-state index in [-0.39, 0.29) is 17.0 Å². The Kier molecular flexibility index (Phi) is 4.83. The molecule has 100 valence electrons. The summed E-state index contributed by atoms with van der Waals surface area (Å²) >= 11 is 0. The maximum Gasteiger partial charge on any atom is 0.337 e. The summed E-state index contributed by atoms with van der Waals surface area (Å²) in [6.45, 7) is 1.41. The number of carbonyl (C=O) groups excluding carboxylic acids is 1. The Morgan fingerprint density at radius 2 is 1.94 bits per heavy atom. The molecule has 0 amide bonds. The third-order valence-electron chi connectivity index (χ3n) is 2.15. The lowest BCUT2D eigenvalue weighted by Crippen LogP contribution is -2.30. The average Bonchev–Trinajstić information content (AvgIpc) is 2.36. The van der Waals surface area contributed by atoms with Gasteiger partial charge in [-0.25, -0.2) is 17.9 Å². The summed E-state index contributed by atoms with van der Waals surface area (Å²) in [6.07, 6.45) is -0.769. The highest BCUT2D eigenvalue weighted by Crippen LogP contribution is 2.11. The molecule has 2 N–H and O–H groups in total. The molecule has 0 aliphatic heterocycles.